The highest BCUT2D eigenvalue weighted by molar-refractivity contribution is 7.09. The Bertz CT molecular complexity index is 837. The first-order chi connectivity index (χ1) is 12.6. The molecule has 0 saturated heterocycles. The first kappa shape index (κ1) is 18.2. The summed E-state index contributed by atoms with van der Waals surface area (Å²) in [5.41, 5.74) is 2.54. The van der Waals surface area contributed by atoms with Gasteiger partial charge in [0, 0.05) is 24.3 Å². The van der Waals surface area contributed by atoms with Crippen molar-refractivity contribution in [1.82, 2.24) is 14.9 Å². The van der Waals surface area contributed by atoms with Gasteiger partial charge >= 0.3 is 0 Å². The quantitative estimate of drug-likeness (QED) is 0.697. The van der Waals surface area contributed by atoms with Gasteiger partial charge in [-0.1, -0.05) is 30.3 Å². The summed E-state index contributed by atoms with van der Waals surface area (Å²) in [5, 5.41) is 13.4. The molecule has 0 saturated carbocycles. The van der Waals surface area contributed by atoms with Crippen LogP contribution in [-0.4, -0.2) is 32.4 Å². The fourth-order valence-corrected chi connectivity index (χ4v) is 3.32. The van der Waals surface area contributed by atoms with E-state index in [1.165, 1.54) is 11.3 Å². The minimum absolute atomic E-state index is 0.0536. The lowest BCUT2D eigenvalue weighted by Crippen LogP contribution is -2.35. The topological polar surface area (TPSA) is 66.3 Å². The molecule has 2 aromatic heterocycles. The minimum atomic E-state index is -0.737. The van der Waals surface area contributed by atoms with E-state index in [2.05, 4.69) is 9.97 Å². The van der Waals surface area contributed by atoms with Crippen molar-refractivity contribution < 1.29 is 9.90 Å². The van der Waals surface area contributed by atoms with Gasteiger partial charge in [-0.2, -0.15) is 0 Å². The smallest absolute Gasteiger partial charge is 0.229 e. The van der Waals surface area contributed by atoms with Crippen LogP contribution in [0, 0.1) is 6.92 Å². The van der Waals surface area contributed by atoms with Crippen LogP contribution in [0.1, 0.15) is 27.9 Å². The van der Waals surface area contributed by atoms with Crippen LogP contribution in [0.3, 0.4) is 0 Å². The maximum atomic E-state index is 12.9. The van der Waals surface area contributed by atoms with Crippen LogP contribution in [0.15, 0.2) is 60.2 Å². The van der Waals surface area contributed by atoms with Crippen molar-refractivity contribution in [3.8, 4) is 0 Å². The number of hydrogen-bond acceptors (Lipinski definition) is 5. The first-order valence-corrected chi connectivity index (χ1v) is 9.30. The van der Waals surface area contributed by atoms with Gasteiger partial charge in [0.25, 0.3) is 0 Å². The number of rotatable bonds is 7. The maximum Gasteiger partial charge on any atom is 0.229 e. The summed E-state index contributed by atoms with van der Waals surface area (Å²) in [7, 11) is 0. The molecule has 2 heterocycles. The lowest BCUT2D eigenvalue weighted by atomic mass is 10.1. The third kappa shape index (κ3) is 4.97. The Balaban J connectivity index is 1.75. The molecule has 0 aliphatic rings. The highest BCUT2D eigenvalue weighted by Gasteiger charge is 2.20. The molecule has 0 aliphatic heterocycles. The van der Waals surface area contributed by atoms with Crippen molar-refractivity contribution in [3.05, 3.63) is 82.1 Å². The second kappa shape index (κ2) is 8.69. The van der Waals surface area contributed by atoms with Crippen LogP contribution in [0.4, 0.5) is 0 Å². The Morgan fingerprint density at radius 1 is 1.19 bits per heavy atom. The predicted octanol–water partition coefficient (Wildman–Crippen LogP) is 3.15. The summed E-state index contributed by atoms with van der Waals surface area (Å²) >= 11 is 1.53. The zero-order chi connectivity index (χ0) is 18.4. The van der Waals surface area contributed by atoms with Gasteiger partial charge in [-0.05, 0) is 30.2 Å². The summed E-state index contributed by atoms with van der Waals surface area (Å²) in [4.78, 5) is 22.9. The molecule has 6 heteroatoms. The highest BCUT2D eigenvalue weighted by atomic mass is 32.1. The molecule has 1 amide bonds. The van der Waals surface area contributed by atoms with E-state index in [1.54, 1.807) is 17.3 Å². The highest BCUT2D eigenvalue weighted by Crippen LogP contribution is 2.17. The van der Waals surface area contributed by atoms with Gasteiger partial charge in [0.1, 0.15) is 0 Å². The third-order valence-corrected chi connectivity index (χ3v) is 4.87. The number of aryl methyl sites for hydroxylation is 1. The summed E-state index contributed by atoms with van der Waals surface area (Å²) in [6.07, 6.45) is 2.90. The molecule has 1 aromatic carbocycles. The molecule has 0 unspecified atom stereocenters. The number of carbonyl (C=O) groups is 1. The first-order valence-electron chi connectivity index (χ1n) is 8.42. The van der Waals surface area contributed by atoms with Crippen LogP contribution in [-0.2, 0) is 17.8 Å². The molecular formula is C20H21N3O2S. The van der Waals surface area contributed by atoms with Crippen molar-refractivity contribution in [2.45, 2.75) is 26.0 Å². The molecule has 0 spiro atoms. The molecule has 3 aromatic rings. The number of aromatic nitrogens is 2. The van der Waals surface area contributed by atoms with E-state index in [0.29, 0.717) is 6.54 Å². The van der Waals surface area contributed by atoms with Gasteiger partial charge in [0.05, 0.1) is 29.8 Å². The van der Waals surface area contributed by atoms with Gasteiger partial charge in [0.15, 0.2) is 0 Å². The van der Waals surface area contributed by atoms with Crippen LogP contribution >= 0.6 is 11.3 Å². The molecule has 0 radical (unpaired) electrons. The van der Waals surface area contributed by atoms with Crippen LogP contribution in [0.2, 0.25) is 0 Å². The maximum absolute atomic E-state index is 12.9. The monoisotopic (exact) mass is 367 g/mol. The Morgan fingerprint density at radius 2 is 1.92 bits per heavy atom. The largest absolute Gasteiger partial charge is 0.387 e. The number of benzene rings is 1. The minimum Gasteiger partial charge on any atom is -0.387 e. The van der Waals surface area contributed by atoms with Crippen molar-refractivity contribution >= 4 is 17.2 Å². The zero-order valence-electron chi connectivity index (χ0n) is 14.6. The number of carbonyl (C=O) groups excluding carboxylic acids is 1. The third-order valence-electron chi connectivity index (χ3n) is 4.05. The van der Waals surface area contributed by atoms with E-state index in [1.807, 2.05) is 54.8 Å². The Labute approximate surface area is 157 Å². The van der Waals surface area contributed by atoms with Gasteiger partial charge in [0.2, 0.25) is 5.91 Å². The van der Waals surface area contributed by atoms with Crippen molar-refractivity contribution in [2.75, 3.05) is 6.54 Å². The van der Waals surface area contributed by atoms with E-state index in [0.717, 1.165) is 21.8 Å². The van der Waals surface area contributed by atoms with Crippen LogP contribution < -0.4 is 0 Å². The van der Waals surface area contributed by atoms with E-state index in [9.17, 15) is 9.90 Å². The van der Waals surface area contributed by atoms with Gasteiger partial charge < -0.3 is 10.0 Å². The molecule has 0 bridgehead atoms. The normalized spacial score (nSPS) is 11.9. The van der Waals surface area contributed by atoms with Crippen molar-refractivity contribution in [2.24, 2.45) is 0 Å². The average Bonchev–Trinajstić information content (AvgIpc) is 3.07. The predicted molar refractivity (Wildman–Crippen MR) is 102 cm³/mol. The Kier molecular flexibility index (Phi) is 6.09. The number of amides is 1. The number of pyridine rings is 1. The number of nitrogens with zero attached hydrogens (tertiary/aromatic N) is 3. The van der Waals surface area contributed by atoms with Gasteiger partial charge in [-0.3, -0.25) is 9.78 Å². The molecule has 0 aliphatic carbocycles. The average molecular weight is 367 g/mol. The summed E-state index contributed by atoms with van der Waals surface area (Å²) in [6, 6.07) is 13.1. The number of aliphatic hydroxyl groups is 1. The molecule has 1 N–H and O–H groups in total. The summed E-state index contributed by atoms with van der Waals surface area (Å²) in [5.74, 6) is -0.0536. The van der Waals surface area contributed by atoms with Gasteiger partial charge in [-0.25, -0.2) is 4.98 Å². The second-order valence-electron chi connectivity index (χ2n) is 6.09. The lowest BCUT2D eigenvalue weighted by Gasteiger charge is -2.25. The van der Waals surface area contributed by atoms with Gasteiger partial charge in [-0.15, -0.1) is 11.3 Å². The molecule has 0 fully saturated rings. The lowest BCUT2D eigenvalue weighted by molar-refractivity contribution is -0.132. The fraction of sp³-hybridized carbons (Fsp3) is 0.250. The number of thiazole rings is 1. The number of hydrogen-bond donors (Lipinski definition) is 1. The van der Waals surface area contributed by atoms with E-state index in [-0.39, 0.29) is 18.9 Å². The zero-order valence-corrected chi connectivity index (χ0v) is 15.4. The molecule has 26 heavy (non-hydrogen) atoms. The summed E-state index contributed by atoms with van der Waals surface area (Å²) in [6.45, 7) is 2.58. The molecule has 1 atom stereocenters. The van der Waals surface area contributed by atoms with Crippen LogP contribution in [0.25, 0.3) is 0 Å². The molecular weight excluding hydrogens is 346 g/mol. The SMILES string of the molecule is Cc1nc(CC(=O)N(Cc2ccncc2)C[C@@H](O)c2ccccc2)cs1. The second-order valence-corrected chi connectivity index (χ2v) is 7.15. The standard InChI is InChI=1S/C20H21N3O2S/c1-15-22-18(14-26-15)11-20(25)23(12-16-7-9-21-10-8-16)13-19(24)17-5-3-2-4-6-17/h2-10,14,19,24H,11-13H2,1H3/t19-/m1/s1. The summed E-state index contributed by atoms with van der Waals surface area (Å²) < 4.78 is 0. The van der Waals surface area contributed by atoms with Crippen molar-refractivity contribution in [3.63, 3.8) is 0 Å². The molecule has 5 nitrogen and oxygen atoms in total. The van der Waals surface area contributed by atoms with E-state index < -0.39 is 6.10 Å². The fourth-order valence-electron chi connectivity index (χ4n) is 2.71. The van der Waals surface area contributed by atoms with Crippen molar-refractivity contribution in [1.29, 1.82) is 0 Å². The van der Waals surface area contributed by atoms with Crippen LogP contribution in [0.5, 0.6) is 0 Å². The number of aliphatic hydroxyl groups excluding tert-OH is 1. The Morgan fingerprint density at radius 3 is 2.58 bits per heavy atom. The van der Waals surface area contributed by atoms with E-state index >= 15 is 0 Å². The molecule has 3 rings (SSSR count). The Hall–Kier alpha value is -2.57. The molecule has 134 valence electrons. The van der Waals surface area contributed by atoms with E-state index in [4.69, 9.17) is 0 Å².